The lowest BCUT2D eigenvalue weighted by Crippen LogP contribution is -2.41. The molecule has 0 bridgehead atoms. The maximum atomic E-state index is 12.3. The van der Waals surface area contributed by atoms with Gasteiger partial charge in [0.2, 0.25) is 0 Å². The third-order valence-corrected chi connectivity index (χ3v) is 4.60. The van der Waals surface area contributed by atoms with E-state index < -0.39 is 0 Å². The maximum Gasteiger partial charge on any atom is 0.256 e. The quantitative estimate of drug-likeness (QED) is 0.849. The fourth-order valence-corrected chi connectivity index (χ4v) is 3.48. The number of benzene rings is 1. The second-order valence-corrected chi connectivity index (χ2v) is 6.29. The number of thioether (sulfide) groups is 1. The van der Waals surface area contributed by atoms with E-state index in [0.29, 0.717) is 13.1 Å². The highest BCUT2D eigenvalue weighted by Crippen LogP contribution is 2.15. The fraction of sp³-hybridized carbons (Fsp3) is 0.467. The molecule has 0 aliphatic carbocycles. The summed E-state index contributed by atoms with van der Waals surface area (Å²) in [6.45, 7) is 3.25. The Labute approximate surface area is 123 Å². The van der Waals surface area contributed by atoms with Crippen LogP contribution in [0, 0.1) is 0 Å². The van der Waals surface area contributed by atoms with Gasteiger partial charge in [0, 0.05) is 31.0 Å². The van der Waals surface area contributed by atoms with E-state index in [1.807, 2.05) is 30.0 Å². The van der Waals surface area contributed by atoms with Gasteiger partial charge in [0.05, 0.1) is 18.8 Å². The first-order valence-electron chi connectivity index (χ1n) is 7.06. The van der Waals surface area contributed by atoms with Crippen molar-refractivity contribution in [3.8, 4) is 0 Å². The molecule has 0 spiro atoms. The van der Waals surface area contributed by atoms with Crippen molar-refractivity contribution in [1.29, 1.82) is 0 Å². The normalized spacial score (nSPS) is 20.0. The molecule has 0 N–H and O–H groups in total. The zero-order valence-corrected chi connectivity index (χ0v) is 12.3. The van der Waals surface area contributed by atoms with E-state index in [1.165, 1.54) is 0 Å². The standard InChI is InChI=1S/C15H19N3OS/c19-15(12-17-8-10-20-11-9-17)18-7-6-14(16-18)13-4-2-1-3-5-13/h1-5H,6-12H2. The van der Waals surface area contributed by atoms with E-state index in [0.717, 1.165) is 42.3 Å². The minimum Gasteiger partial charge on any atom is -0.293 e. The highest BCUT2D eigenvalue weighted by Gasteiger charge is 2.23. The molecule has 0 radical (unpaired) electrons. The monoisotopic (exact) mass is 289 g/mol. The van der Waals surface area contributed by atoms with E-state index in [1.54, 1.807) is 5.01 Å². The molecule has 20 heavy (non-hydrogen) atoms. The smallest absolute Gasteiger partial charge is 0.256 e. The number of nitrogens with zero attached hydrogens (tertiary/aromatic N) is 3. The van der Waals surface area contributed by atoms with Crippen molar-refractivity contribution in [3.63, 3.8) is 0 Å². The van der Waals surface area contributed by atoms with Crippen LogP contribution in [0.3, 0.4) is 0 Å². The van der Waals surface area contributed by atoms with Gasteiger partial charge in [-0.05, 0) is 5.56 Å². The average Bonchev–Trinajstić information content (AvgIpc) is 2.99. The van der Waals surface area contributed by atoms with Gasteiger partial charge in [0.25, 0.3) is 5.91 Å². The Balaban J connectivity index is 1.61. The summed E-state index contributed by atoms with van der Waals surface area (Å²) in [5.41, 5.74) is 2.14. The molecule has 2 aliphatic rings. The molecule has 0 aromatic heterocycles. The number of hydrazone groups is 1. The summed E-state index contributed by atoms with van der Waals surface area (Å²) in [5, 5.41) is 6.14. The number of rotatable bonds is 3. The molecular formula is C15H19N3OS. The highest BCUT2D eigenvalue weighted by molar-refractivity contribution is 7.99. The Hall–Kier alpha value is -1.33. The summed E-state index contributed by atoms with van der Waals surface area (Å²) in [6, 6.07) is 10.1. The van der Waals surface area contributed by atoms with E-state index in [9.17, 15) is 4.79 Å². The Morgan fingerprint density at radius 3 is 2.65 bits per heavy atom. The van der Waals surface area contributed by atoms with Crippen molar-refractivity contribution in [2.24, 2.45) is 5.10 Å². The fourth-order valence-electron chi connectivity index (χ4n) is 2.50. The molecule has 1 aromatic carbocycles. The van der Waals surface area contributed by atoms with Gasteiger partial charge < -0.3 is 0 Å². The first-order chi connectivity index (χ1) is 9.83. The van der Waals surface area contributed by atoms with Crippen molar-refractivity contribution in [3.05, 3.63) is 35.9 Å². The Bertz CT molecular complexity index is 497. The lowest BCUT2D eigenvalue weighted by atomic mass is 10.1. The number of hydrogen-bond acceptors (Lipinski definition) is 4. The lowest BCUT2D eigenvalue weighted by Gasteiger charge is -2.26. The van der Waals surface area contributed by atoms with E-state index in [-0.39, 0.29) is 5.91 Å². The van der Waals surface area contributed by atoms with E-state index >= 15 is 0 Å². The van der Waals surface area contributed by atoms with Crippen molar-refractivity contribution in [1.82, 2.24) is 9.91 Å². The lowest BCUT2D eigenvalue weighted by molar-refractivity contribution is -0.131. The van der Waals surface area contributed by atoms with Crippen molar-refractivity contribution in [2.45, 2.75) is 6.42 Å². The van der Waals surface area contributed by atoms with Crippen LogP contribution < -0.4 is 0 Å². The maximum absolute atomic E-state index is 12.3. The molecule has 5 heteroatoms. The van der Waals surface area contributed by atoms with Crippen LogP contribution in [-0.2, 0) is 4.79 Å². The molecule has 1 fully saturated rings. The van der Waals surface area contributed by atoms with Crippen LogP contribution in [0.2, 0.25) is 0 Å². The summed E-state index contributed by atoms with van der Waals surface area (Å²) in [6.07, 6.45) is 0.853. The Morgan fingerprint density at radius 1 is 1.15 bits per heavy atom. The molecule has 2 heterocycles. The topological polar surface area (TPSA) is 35.9 Å². The van der Waals surface area contributed by atoms with Crippen LogP contribution in [0.5, 0.6) is 0 Å². The molecule has 1 aromatic rings. The molecule has 1 amide bonds. The van der Waals surface area contributed by atoms with Crippen LogP contribution in [0.25, 0.3) is 0 Å². The second kappa shape index (κ2) is 6.41. The third-order valence-electron chi connectivity index (χ3n) is 3.66. The third kappa shape index (κ3) is 3.22. The average molecular weight is 289 g/mol. The van der Waals surface area contributed by atoms with Gasteiger partial charge in [-0.15, -0.1) is 0 Å². The molecule has 0 saturated carbocycles. The second-order valence-electron chi connectivity index (χ2n) is 5.07. The molecule has 0 unspecified atom stereocenters. The largest absolute Gasteiger partial charge is 0.293 e. The molecule has 1 saturated heterocycles. The molecule has 4 nitrogen and oxygen atoms in total. The van der Waals surface area contributed by atoms with Gasteiger partial charge in [0.1, 0.15) is 0 Å². The summed E-state index contributed by atoms with van der Waals surface area (Å²) in [4.78, 5) is 14.5. The Kier molecular flexibility index (Phi) is 4.38. The van der Waals surface area contributed by atoms with Crippen molar-refractivity contribution in [2.75, 3.05) is 37.7 Å². The van der Waals surface area contributed by atoms with Crippen LogP contribution in [0.1, 0.15) is 12.0 Å². The van der Waals surface area contributed by atoms with Gasteiger partial charge in [-0.2, -0.15) is 16.9 Å². The van der Waals surface area contributed by atoms with Crippen LogP contribution in [0.4, 0.5) is 0 Å². The molecule has 2 aliphatic heterocycles. The first-order valence-corrected chi connectivity index (χ1v) is 8.22. The number of amides is 1. The SMILES string of the molecule is O=C(CN1CCSCC1)N1CCC(c2ccccc2)=N1. The minimum absolute atomic E-state index is 0.128. The number of carbonyl (C=O) groups is 1. The number of hydrogen-bond donors (Lipinski definition) is 0. The van der Waals surface area contributed by atoms with Crippen molar-refractivity contribution < 1.29 is 4.79 Å². The summed E-state index contributed by atoms with van der Waals surface area (Å²) in [5.74, 6) is 2.39. The summed E-state index contributed by atoms with van der Waals surface area (Å²) >= 11 is 1.96. The molecule has 3 rings (SSSR count). The van der Waals surface area contributed by atoms with E-state index in [2.05, 4.69) is 22.1 Å². The summed E-state index contributed by atoms with van der Waals surface area (Å²) < 4.78 is 0. The molecular weight excluding hydrogens is 270 g/mol. The van der Waals surface area contributed by atoms with E-state index in [4.69, 9.17) is 0 Å². The van der Waals surface area contributed by atoms with Gasteiger partial charge in [-0.25, -0.2) is 5.01 Å². The Morgan fingerprint density at radius 2 is 1.90 bits per heavy atom. The first kappa shape index (κ1) is 13.6. The van der Waals surface area contributed by atoms with Gasteiger partial charge in [-0.1, -0.05) is 30.3 Å². The predicted molar refractivity (Wildman–Crippen MR) is 83.1 cm³/mol. The van der Waals surface area contributed by atoms with Crippen LogP contribution in [0.15, 0.2) is 35.4 Å². The van der Waals surface area contributed by atoms with Crippen molar-refractivity contribution >= 4 is 23.4 Å². The van der Waals surface area contributed by atoms with Crippen LogP contribution >= 0.6 is 11.8 Å². The highest BCUT2D eigenvalue weighted by atomic mass is 32.2. The van der Waals surface area contributed by atoms with Gasteiger partial charge >= 0.3 is 0 Å². The molecule has 0 atom stereocenters. The predicted octanol–water partition coefficient (Wildman–Crippen LogP) is 1.67. The minimum atomic E-state index is 0.128. The molecule has 106 valence electrons. The number of carbonyl (C=O) groups excluding carboxylic acids is 1. The van der Waals surface area contributed by atoms with Crippen LogP contribution in [-0.4, -0.2) is 59.2 Å². The zero-order valence-electron chi connectivity index (χ0n) is 11.5. The van der Waals surface area contributed by atoms with Gasteiger partial charge in [-0.3, -0.25) is 9.69 Å². The zero-order chi connectivity index (χ0) is 13.8. The van der Waals surface area contributed by atoms with Gasteiger partial charge in [0.15, 0.2) is 0 Å². The summed E-state index contributed by atoms with van der Waals surface area (Å²) in [7, 11) is 0.